The molecule has 6 nitrogen and oxygen atoms in total. The molecule has 6 heteroatoms. The predicted octanol–water partition coefficient (Wildman–Crippen LogP) is 4.17. The van der Waals surface area contributed by atoms with E-state index in [2.05, 4.69) is 34.3 Å². The second-order valence-electron chi connectivity index (χ2n) is 6.62. The molecule has 0 saturated heterocycles. The number of benzene rings is 2. The van der Waals surface area contributed by atoms with E-state index in [-0.39, 0.29) is 5.91 Å². The van der Waals surface area contributed by atoms with E-state index in [1.54, 1.807) is 18.3 Å². The first-order chi connectivity index (χ1) is 13.1. The number of carbonyl (C=O) groups excluding carboxylic acids is 1. The van der Waals surface area contributed by atoms with Gasteiger partial charge in [-0.1, -0.05) is 38.1 Å². The van der Waals surface area contributed by atoms with Crippen LogP contribution >= 0.6 is 0 Å². The zero-order valence-corrected chi connectivity index (χ0v) is 15.1. The van der Waals surface area contributed by atoms with E-state index in [0.29, 0.717) is 23.1 Å². The normalized spacial score (nSPS) is 11.1. The Morgan fingerprint density at radius 1 is 1.00 bits per heavy atom. The van der Waals surface area contributed by atoms with E-state index in [1.807, 2.05) is 53.1 Å². The maximum absolute atomic E-state index is 12.5. The van der Waals surface area contributed by atoms with Gasteiger partial charge in [0.15, 0.2) is 5.82 Å². The van der Waals surface area contributed by atoms with Crippen LogP contribution in [0.2, 0.25) is 0 Å². The van der Waals surface area contributed by atoms with Gasteiger partial charge >= 0.3 is 0 Å². The minimum absolute atomic E-state index is 0.147. The predicted molar refractivity (Wildman–Crippen MR) is 105 cm³/mol. The van der Waals surface area contributed by atoms with Gasteiger partial charge in [-0.05, 0) is 41.8 Å². The van der Waals surface area contributed by atoms with Gasteiger partial charge in [-0.3, -0.25) is 9.20 Å². The molecule has 134 valence electrons. The third-order valence-electron chi connectivity index (χ3n) is 4.43. The molecule has 0 aliphatic heterocycles. The maximum atomic E-state index is 12.5. The Morgan fingerprint density at radius 3 is 2.44 bits per heavy atom. The van der Waals surface area contributed by atoms with Crippen LogP contribution in [0.3, 0.4) is 0 Å². The zero-order valence-electron chi connectivity index (χ0n) is 15.1. The average Bonchev–Trinajstić information content (AvgIpc) is 3.12. The Bertz CT molecular complexity index is 1080. The quantitative estimate of drug-likeness (QED) is 0.595. The summed E-state index contributed by atoms with van der Waals surface area (Å²) in [5.74, 6) is 1.55. The number of carbonyl (C=O) groups is 1. The molecule has 0 radical (unpaired) electrons. The molecule has 0 unspecified atom stereocenters. The summed E-state index contributed by atoms with van der Waals surface area (Å²) in [4.78, 5) is 16.7. The molecule has 1 N–H and O–H groups in total. The Kier molecular flexibility index (Phi) is 4.38. The summed E-state index contributed by atoms with van der Waals surface area (Å²) in [6, 6.07) is 17.0. The molecule has 0 aliphatic rings. The van der Waals surface area contributed by atoms with E-state index in [1.165, 1.54) is 5.56 Å². The van der Waals surface area contributed by atoms with E-state index >= 15 is 0 Å². The van der Waals surface area contributed by atoms with Gasteiger partial charge < -0.3 is 5.32 Å². The van der Waals surface area contributed by atoms with Crippen molar-refractivity contribution >= 4 is 17.4 Å². The van der Waals surface area contributed by atoms with Crippen molar-refractivity contribution in [2.24, 2.45) is 0 Å². The molecule has 0 aliphatic carbocycles. The summed E-state index contributed by atoms with van der Waals surface area (Å²) >= 11 is 0. The fraction of sp³-hybridized carbons (Fsp3) is 0.143. The molecule has 0 atom stereocenters. The van der Waals surface area contributed by atoms with Gasteiger partial charge in [-0.2, -0.15) is 0 Å². The van der Waals surface area contributed by atoms with Crippen LogP contribution in [0.25, 0.3) is 17.2 Å². The van der Waals surface area contributed by atoms with E-state index in [0.717, 1.165) is 11.3 Å². The lowest BCUT2D eigenvalue weighted by molar-refractivity contribution is 0.102. The molecule has 0 fully saturated rings. The van der Waals surface area contributed by atoms with Gasteiger partial charge in [-0.25, -0.2) is 4.98 Å². The third kappa shape index (κ3) is 3.42. The van der Waals surface area contributed by atoms with Gasteiger partial charge in [0.2, 0.25) is 0 Å². The highest BCUT2D eigenvalue weighted by molar-refractivity contribution is 6.04. The van der Waals surface area contributed by atoms with Crippen LogP contribution in [0, 0.1) is 0 Å². The summed E-state index contributed by atoms with van der Waals surface area (Å²) in [6.07, 6.45) is 3.54. The molecule has 2 heterocycles. The lowest BCUT2D eigenvalue weighted by atomic mass is 10.0. The van der Waals surface area contributed by atoms with Crippen molar-refractivity contribution in [2.45, 2.75) is 19.8 Å². The number of fused-ring (bicyclic) bond motifs is 1. The van der Waals surface area contributed by atoms with Crippen molar-refractivity contribution in [3.63, 3.8) is 0 Å². The van der Waals surface area contributed by atoms with Crippen molar-refractivity contribution in [1.29, 1.82) is 0 Å². The highest BCUT2D eigenvalue weighted by Crippen LogP contribution is 2.20. The smallest absolute Gasteiger partial charge is 0.255 e. The van der Waals surface area contributed by atoms with Crippen LogP contribution < -0.4 is 5.32 Å². The number of rotatable bonds is 4. The molecular formula is C21H19N5O. The summed E-state index contributed by atoms with van der Waals surface area (Å²) in [6.45, 7) is 4.29. The summed E-state index contributed by atoms with van der Waals surface area (Å²) in [5, 5.41) is 11.2. The van der Waals surface area contributed by atoms with Crippen LogP contribution in [-0.4, -0.2) is 25.5 Å². The van der Waals surface area contributed by atoms with E-state index < -0.39 is 0 Å². The lowest BCUT2D eigenvalue weighted by Crippen LogP contribution is -2.11. The lowest BCUT2D eigenvalue weighted by Gasteiger charge is -2.09. The Hall–Kier alpha value is -3.54. The Labute approximate surface area is 156 Å². The van der Waals surface area contributed by atoms with Gasteiger partial charge in [0.1, 0.15) is 0 Å². The minimum Gasteiger partial charge on any atom is -0.322 e. The largest absolute Gasteiger partial charge is 0.322 e. The molecule has 0 saturated carbocycles. The molecule has 2 aromatic heterocycles. The summed E-state index contributed by atoms with van der Waals surface area (Å²) in [7, 11) is 0. The first kappa shape index (κ1) is 16.9. The molecule has 0 bridgehead atoms. The van der Waals surface area contributed by atoms with Crippen LogP contribution in [0.1, 0.15) is 35.7 Å². The fourth-order valence-electron chi connectivity index (χ4n) is 2.86. The molecule has 2 aromatic carbocycles. The van der Waals surface area contributed by atoms with Gasteiger partial charge in [0.25, 0.3) is 11.7 Å². The summed E-state index contributed by atoms with van der Waals surface area (Å²) in [5.41, 5.74) is 3.47. The Balaban J connectivity index is 1.52. The maximum Gasteiger partial charge on any atom is 0.255 e. The SMILES string of the molecule is CC(C)c1ccc(NC(=O)c2ccc(-c3nnc4ncccn34)cc2)cc1. The van der Waals surface area contributed by atoms with E-state index in [4.69, 9.17) is 0 Å². The van der Waals surface area contributed by atoms with Gasteiger partial charge in [0.05, 0.1) is 0 Å². The van der Waals surface area contributed by atoms with Gasteiger partial charge in [0, 0.05) is 29.2 Å². The first-order valence-corrected chi connectivity index (χ1v) is 8.79. The highest BCUT2D eigenvalue weighted by Gasteiger charge is 2.11. The molecule has 4 rings (SSSR count). The molecule has 1 amide bonds. The number of nitrogens with zero attached hydrogens (tertiary/aromatic N) is 4. The average molecular weight is 357 g/mol. The van der Waals surface area contributed by atoms with Crippen LogP contribution in [0.15, 0.2) is 67.0 Å². The number of nitrogens with one attached hydrogen (secondary N) is 1. The minimum atomic E-state index is -0.147. The molecular weight excluding hydrogens is 338 g/mol. The molecule has 27 heavy (non-hydrogen) atoms. The number of hydrogen-bond acceptors (Lipinski definition) is 4. The van der Waals surface area contributed by atoms with Crippen molar-refractivity contribution in [2.75, 3.05) is 5.32 Å². The monoisotopic (exact) mass is 357 g/mol. The van der Waals surface area contributed by atoms with Crippen LogP contribution in [0.5, 0.6) is 0 Å². The Morgan fingerprint density at radius 2 is 1.74 bits per heavy atom. The molecule has 4 aromatic rings. The van der Waals surface area contributed by atoms with E-state index in [9.17, 15) is 4.79 Å². The zero-order chi connectivity index (χ0) is 18.8. The number of hydrogen-bond donors (Lipinski definition) is 1. The van der Waals surface area contributed by atoms with Crippen LogP contribution in [0.4, 0.5) is 5.69 Å². The number of amides is 1. The van der Waals surface area contributed by atoms with Crippen molar-refractivity contribution in [3.8, 4) is 11.4 Å². The second kappa shape index (κ2) is 6.99. The first-order valence-electron chi connectivity index (χ1n) is 8.79. The summed E-state index contributed by atoms with van der Waals surface area (Å²) < 4.78 is 1.81. The number of aromatic nitrogens is 4. The van der Waals surface area contributed by atoms with Crippen molar-refractivity contribution in [1.82, 2.24) is 19.6 Å². The van der Waals surface area contributed by atoms with Crippen LogP contribution in [-0.2, 0) is 0 Å². The van der Waals surface area contributed by atoms with Crippen molar-refractivity contribution in [3.05, 3.63) is 78.1 Å². The fourth-order valence-corrected chi connectivity index (χ4v) is 2.86. The number of anilines is 1. The molecule has 0 spiro atoms. The third-order valence-corrected chi connectivity index (χ3v) is 4.43. The van der Waals surface area contributed by atoms with Gasteiger partial charge in [-0.15, -0.1) is 10.2 Å². The topological polar surface area (TPSA) is 72.2 Å². The van der Waals surface area contributed by atoms with Crippen molar-refractivity contribution < 1.29 is 4.79 Å². The second-order valence-corrected chi connectivity index (χ2v) is 6.62. The highest BCUT2D eigenvalue weighted by atomic mass is 16.1. The standard InChI is InChI=1S/C21H19N5O/c1-14(2)15-8-10-18(11-9-15)23-20(27)17-6-4-16(5-7-17)19-24-25-21-22-12-3-13-26(19)21/h3-14H,1-2H3,(H,23,27).